The van der Waals surface area contributed by atoms with Crippen molar-refractivity contribution in [3.05, 3.63) is 41.7 Å². The van der Waals surface area contributed by atoms with Crippen molar-refractivity contribution in [3.63, 3.8) is 0 Å². The lowest BCUT2D eigenvalue weighted by molar-refractivity contribution is -0.302. The third-order valence-electron chi connectivity index (χ3n) is 17.7. The second kappa shape index (κ2) is 26.6. The largest absolute Gasteiger partial charge is 0.459 e. The molecule has 78 heavy (non-hydrogen) atoms. The van der Waals surface area contributed by atoms with Crippen LogP contribution >= 0.6 is 0 Å². The quantitative estimate of drug-likeness (QED) is 0.151. The van der Waals surface area contributed by atoms with Crippen LogP contribution in [0.2, 0.25) is 0 Å². The molecule has 20 atom stereocenters. The number of carbonyl (C=O) groups excluding carboxylic acids is 1. The Kier molecular flexibility index (Phi) is 21.9. The van der Waals surface area contributed by atoms with Crippen molar-refractivity contribution in [2.24, 2.45) is 23.7 Å². The average molecular weight is 1130 g/mol. The molecule has 1 unspecified atom stereocenters. The minimum Gasteiger partial charge on any atom is -0.459 e. The summed E-state index contributed by atoms with van der Waals surface area (Å²) < 4.78 is 87.6. The Bertz CT molecular complexity index is 2330. The first-order valence-corrected chi connectivity index (χ1v) is 29.3. The van der Waals surface area contributed by atoms with Crippen LogP contribution in [0.5, 0.6) is 0 Å². The topological polar surface area (TPSA) is 257 Å². The van der Waals surface area contributed by atoms with Gasteiger partial charge in [-0.25, -0.2) is 17.5 Å². The van der Waals surface area contributed by atoms with Crippen LogP contribution in [-0.2, 0) is 54.4 Å². The van der Waals surface area contributed by atoms with Crippen molar-refractivity contribution < 1.29 is 76.3 Å². The van der Waals surface area contributed by atoms with Crippen molar-refractivity contribution in [1.82, 2.24) is 29.1 Å². The van der Waals surface area contributed by atoms with Crippen LogP contribution in [0.15, 0.2) is 35.4 Å². The van der Waals surface area contributed by atoms with Crippen molar-refractivity contribution in [2.45, 2.75) is 202 Å². The summed E-state index contributed by atoms with van der Waals surface area (Å²) in [7, 11) is 2.92. The van der Waals surface area contributed by atoms with Gasteiger partial charge in [0.1, 0.15) is 48.8 Å². The number of nitrogens with zero attached hydrogens (tertiary/aromatic N) is 6. The monoisotopic (exact) mass is 1130 g/mol. The Morgan fingerprint density at radius 3 is 2.22 bits per heavy atom. The van der Waals surface area contributed by atoms with Gasteiger partial charge in [-0.2, -0.15) is 4.31 Å². The predicted octanol–water partition coefficient (Wildman–Crippen LogP) is 3.30. The molecule has 4 aliphatic heterocycles. The standard InChI is InChI=1S/C55H93FN6O15S/c1-15-44-55(10,68)48(64)36(6)60(12)30-32(2)27-53(8,67)50(34(4)45(35(5)51(66)76-44)43-28-54(9,72-14)49(65)37(7)75-43)77-52-46(63)41(26-33(3)74-52)59(11)21-20-39-31-62(58-57-39)42(29-56)47(71-13)38-16-18-40(19-17-38)78(69,70)61-22-24-73-25-23-61/h16-19,31-37,41-50,52,63-65,67-68H,15,20-30H2,1-14H3/t32-,33-,34+,35-,36-,37+,41+,42-,43?,44-,45+,46-,47-,48-,49+,50-,52+,53-,54-,55-/m1/s1. The number of hydrogen-bond acceptors (Lipinski definition) is 19. The van der Waals surface area contributed by atoms with E-state index in [-0.39, 0.29) is 43.2 Å². The fraction of sp³-hybridized carbons (Fsp3) is 0.836. The number of sulfonamides is 1. The molecule has 5 N–H and O–H groups in total. The molecule has 6 rings (SSSR count). The summed E-state index contributed by atoms with van der Waals surface area (Å²) >= 11 is 0. The van der Waals surface area contributed by atoms with Gasteiger partial charge in [0.2, 0.25) is 10.0 Å². The number of carbonyl (C=O) groups is 1. The van der Waals surface area contributed by atoms with Gasteiger partial charge >= 0.3 is 5.97 Å². The Labute approximate surface area is 462 Å². The lowest BCUT2D eigenvalue weighted by atomic mass is 9.68. The van der Waals surface area contributed by atoms with Crippen molar-refractivity contribution in [1.29, 1.82) is 0 Å². The third kappa shape index (κ3) is 14.1. The van der Waals surface area contributed by atoms with Crippen LogP contribution < -0.4 is 0 Å². The number of benzene rings is 1. The average Bonchev–Trinajstić information content (AvgIpc) is 3.94. The Balaban J connectivity index is 1.25. The number of aliphatic hydroxyl groups excluding tert-OH is 3. The lowest BCUT2D eigenvalue weighted by Gasteiger charge is -2.51. The molecule has 1 aromatic carbocycles. The molecular weight excluding hydrogens is 1040 g/mol. The number of esters is 1. The minimum atomic E-state index is -3.74. The second-order valence-electron chi connectivity index (χ2n) is 23.7. The van der Waals surface area contributed by atoms with Crippen molar-refractivity contribution >= 4 is 16.0 Å². The van der Waals surface area contributed by atoms with E-state index < -0.39 is 137 Å². The summed E-state index contributed by atoms with van der Waals surface area (Å²) in [5, 5.41) is 69.0. The molecule has 4 fully saturated rings. The summed E-state index contributed by atoms with van der Waals surface area (Å²) in [6, 6.07) is 4.18. The van der Waals surface area contributed by atoms with Gasteiger partial charge in [0.25, 0.3) is 0 Å². The molecule has 4 aliphatic rings. The predicted molar refractivity (Wildman–Crippen MR) is 286 cm³/mol. The molecule has 4 saturated heterocycles. The lowest BCUT2D eigenvalue weighted by Crippen LogP contribution is -2.62. The van der Waals surface area contributed by atoms with Crippen LogP contribution in [0, 0.1) is 23.7 Å². The van der Waals surface area contributed by atoms with Gasteiger partial charge < -0.3 is 68.5 Å². The first-order valence-electron chi connectivity index (χ1n) is 27.8. The van der Waals surface area contributed by atoms with Gasteiger partial charge in [0, 0.05) is 77.4 Å². The van der Waals surface area contributed by atoms with E-state index in [2.05, 4.69) is 10.3 Å². The molecule has 446 valence electrons. The number of alkyl halides is 1. The fourth-order valence-electron chi connectivity index (χ4n) is 12.8. The number of methoxy groups -OCH3 is 2. The first-order chi connectivity index (χ1) is 36.6. The van der Waals surface area contributed by atoms with Gasteiger partial charge in [0.05, 0.1) is 65.3 Å². The molecule has 21 nitrogen and oxygen atoms in total. The highest BCUT2D eigenvalue weighted by Crippen LogP contribution is 2.45. The maximum atomic E-state index is 15.0. The molecule has 0 aliphatic carbocycles. The van der Waals surface area contributed by atoms with Crippen LogP contribution in [0.1, 0.15) is 118 Å². The highest BCUT2D eigenvalue weighted by molar-refractivity contribution is 7.89. The Morgan fingerprint density at radius 1 is 0.962 bits per heavy atom. The van der Waals surface area contributed by atoms with Crippen LogP contribution in [0.25, 0.3) is 0 Å². The molecule has 0 amide bonds. The number of cyclic esters (lactones) is 1. The normalized spacial score (nSPS) is 39.5. The number of ether oxygens (including phenoxy) is 7. The van der Waals surface area contributed by atoms with Crippen molar-refractivity contribution in [3.8, 4) is 0 Å². The summed E-state index contributed by atoms with van der Waals surface area (Å²) in [6.07, 6.45) is -6.83. The Hall–Kier alpha value is -2.85. The van der Waals surface area contributed by atoms with Crippen LogP contribution in [0.4, 0.5) is 4.39 Å². The van der Waals surface area contributed by atoms with Crippen molar-refractivity contribution in [2.75, 3.05) is 74.4 Å². The highest BCUT2D eigenvalue weighted by atomic mass is 32.2. The third-order valence-corrected chi connectivity index (χ3v) is 19.6. The Morgan fingerprint density at radius 2 is 1.62 bits per heavy atom. The van der Waals surface area contributed by atoms with Gasteiger partial charge in [0.15, 0.2) is 6.29 Å². The zero-order valence-corrected chi connectivity index (χ0v) is 49.3. The maximum absolute atomic E-state index is 15.0. The number of hydrogen-bond donors (Lipinski definition) is 5. The summed E-state index contributed by atoms with van der Waals surface area (Å²) in [6.45, 7) is 18.8. The van der Waals surface area contributed by atoms with Crippen LogP contribution in [0.3, 0.4) is 0 Å². The van der Waals surface area contributed by atoms with E-state index in [4.69, 9.17) is 33.2 Å². The van der Waals surface area contributed by atoms with Crippen LogP contribution in [-0.4, -0.2) is 227 Å². The highest BCUT2D eigenvalue weighted by Gasteiger charge is 2.55. The molecule has 2 aromatic rings. The van der Waals surface area contributed by atoms with Gasteiger partial charge in [-0.15, -0.1) is 5.10 Å². The van der Waals surface area contributed by atoms with Gasteiger partial charge in [-0.05, 0) is 104 Å². The smallest absolute Gasteiger partial charge is 0.309 e. The molecule has 0 bridgehead atoms. The van der Waals surface area contributed by atoms with E-state index in [1.165, 1.54) is 42.3 Å². The summed E-state index contributed by atoms with van der Waals surface area (Å²) in [4.78, 5) is 18.7. The number of likely N-dealkylation sites (N-methyl/N-ethyl adjacent to an activating group) is 2. The molecule has 0 spiro atoms. The van der Waals surface area contributed by atoms with E-state index in [0.29, 0.717) is 50.4 Å². The molecule has 0 saturated carbocycles. The number of aliphatic hydroxyl groups is 5. The maximum Gasteiger partial charge on any atom is 0.309 e. The minimum absolute atomic E-state index is 0.115. The number of morpholine rings is 1. The summed E-state index contributed by atoms with van der Waals surface area (Å²) in [5.74, 6) is -3.35. The van der Waals surface area contributed by atoms with E-state index in [1.54, 1.807) is 59.9 Å². The van der Waals surface area contributed by atoms with Gasteiger partial charge in [-0.3, -0.25) is 4.79 Å². The SMILES string of the molecule is CC[C@H]1OC(=O)[C@H](C)[C@@H](C2C[C@@](C)(OC)[C@@H](O)[C@H](C)O2)[C@H](C)[C@@H](O[C@@H]2O[C@H](C)C[C@H](N(C)CCc3cn([C@H](CF)[C@H](OC)c4ccc(S(=O)(=O)N5CCOCC5)cc4)nn3)[C@H]2O)[C@](C)(O)C[C@@H](C)CN(C)[C@H](C)[C@@H](O)[C@]1(C)O. The zero-order chi connectivity index (χ0) is 57.8. The van der Waals surface area contributed by atoms with E-state index >= 15 is 0 Å². The molecular formula is C55H93FN6O15S. The zero-order valence-electron chi connectivity index (χ0n) is 48.5. The molecule has 1 aromatic heterocycles. The van der Waals surface area contributed by atoms with E-state index in [9.17, 15) is 43.1 Å². The second-order valence-corrected chi connectivity index (χ2v) is 25.6. The van der Waals surface area contributed by atoms with E-state index in [1.807, 2.05) is 44.7 Å². The molecule has 23 heteroatoms. The number of halogens is 1. The number of aromatic nitrogens is 3. The molecule has 5 heterocycles. The molecule has 0 radical (unpaired) electrons. The first kappa shape index (κ1) is 64.3. The number of rotatable bonds is 16. The summed E-state index contributed by atoms with van der Waals surface area (Å²) in [5.41, 5.74) is -3.47. The van der Waals surface area contributed by atoms with E-state index in [0.717, 1.165) is 0 Å². The fourth-order valence-corrected chi connectivity index (χ4v) is 14.2. The van der Waals surface area contributed by atoms with Gasteiger partial charge in [-0.1, -0.05) is 45.0 Å².